The first-order chi connectivity index (χ1) is 26.8. The molecule has 1 spiro atoms. The van der Waals surface area contributed by atoms with Gasteiger partial charge in [0.1, 0.15) is 10.7 Å². The third-order valence-corrected chi connectivity index (χ3v) is 14.2. The molecule has 2 atom stereocenters. The number of pyridine rings is 2. The Bertz CT molecular complexity index is 2280. The minimum Gasteiger partial charge on any atom is -0.481 e. The summed E-state index contributed by atoms with van der Waals surface area (Å²) in [5.74, 6) is -2.44. The Labute approximate surface area is 331 Å². The normalized spacial score (nSPS) is 20.0. The Morgan fingerprint density at radius 2 is 1.74 bits per heavy atom. The molecule has 2 saturated heterocycles. The molecule has 308 valence electrons. The number of nitrogens with zero attached hydrogens (tertiary/aromatic N) is 6. The highest BCUT2D eigenvalue weighted by Gasteiger charge is 2.45. The van der Waals surface area contributed by atoms with Crippen molar-refractivity contribution < 1.29 is 36.2 Å². The predicted molar refractivity (Wildman–Crippen MR) is 209 cm³/mol. The molecule has 3 aromatic heterocycles. The van der Waals surface area contributed by atoms with E-state index in [0.717, 1.165) is 35.2 Å². The number of halogens is 3. The third kappa shape index (κ3) is 7.89. The van der Waals surface area contributed by atoms with Crippen LogP contribution in [0.3, 0.4) is 0 Å². The van der Waals surface area contributed by atoms with Crippen LogP contribution in [0.5, 0.6) is 0 Å². The molecular weight excluding hydrogens is 760 g/mol. The molecule has 57 heavy (non-hydrogen) atoms. The van der Waals surface area contributed by atoms with Crippen molar-refractivity contribution in [2.24, 2.45) is 10.8 Å². The Morgan fingerprint density at radius 3 is 2.40 bits per heavy atom. The highest BCUT2D eigenvalue weighted by atomic mass is 32.2. The molecule has 12 nitrogen and oxygen atoms in total. The van der Waals surface area contributed by atoms with Gasteiger partial charge in [-0.15, -0.1) is 10.2 Å². The zero-order chi connectivity index (χ0) is 41.1. The van der Waals surface area contributed by atoms with Crippen molar-refractivity contribution in [3.8, 4) is 0 Å². The number of sulfonamides is 1. The van der Waals surface area contributed by atoms with Crippen molar-refractivity contribution in [3.63, 3.8) is 0 Å². The van der Waals surface area contributed by atoms with E-state index in [1.54, 1.807) is 31.1 Å². The van der Waals surface area contributed by atoms with E-state index in [9.17, 15) is 31.5 Å². The van der Waals surface area contributed by atoms with E-state index >= 15 is 0 Å². The van der Waals surface area contributed by atoms with Crippen LogP contribution in [0.25, 0.3) is 5.65 Å². The number of anilines is 1. The average Bonchev–Trinajstić information content (AvgIpc) is 3.81. The number of nitrogens with one attached hydrogen (secondary N) is 1. The number of rotatable bonds is 10. The second kappa shape index (κ2) is 15.2. The third-order valence-electron chi connectivity index (χ3n) is 12.3. The van der Waals surface area contributed by atoms with Crippen molar-refractivity contribution in [2.75, 3.05) is 44.7 Å². The van der Waals surface area contributed by atoms with Gasteiger partial charge in [0, 0.05) is 51.0 Å². The lowest BCUT2D eigenvalue weighted by atomic mass is 9.70. The van der Waals surface area contributed by atoms with Gasteiger partial charge >= 0.3 is 12.1 Å². The molecule has 4 aromatic rings. The lowest BCUT2D eigenvalue weighted by Gasteiger charge is -2.38. The van der Waals surface area contributed by atoms with Gasteiger partial charge in [0.2, 0.25) is 15.8 Å². The molecule has 0 unspecified atom stereocenters. The number of benzene rings is 1. The van der Waals surface area contributed by atoms with Crippen LogP contribution >= 0.6 is 0 Å². The molecule has 16 heteroatoms. The summed E-state index contributed by atoms with van der Waals surface area (Å²) >= 11 is 0. The van der Waals surface area contributed by atoms with Gasteiger partial charge in [-0.3, -0.25) is 9.20 Å². The van der Waals surface area contributed by atoms with Gasteiger partial charge in [-0.05, 0) is 138 Å². The highest BCUT2D eigenvalue weighted by Crippen LogP contribution is 2.45. The Kier molecular flexibility index (Phi) is 11.0. The topological polar surface area (TPSA) is 142 Å². The number of hydrogen-bond acceptors (Lipinski definition) is 9. The predicted octanol–water partition coefficient (Wildman–Crippen LogP) is 6.75. The molecule has 2 N–H and O–H groups in total. The summed E-state index contributed by atoms with van der Waals surface area (Å²) in [5.41, 5.74) is 2.31. The number of carbonyl (C=O) groups is 1. The number of fused-ring (bicyclic) bond motifs is 2. The molecule has 0 aliphatic carbocycles. The summed E-state index contributed by atoms with van der Waals surface area (Å²) < 4.78 is 79.1. The summed E-state index contributed by atoms with van der Waals surface area (Å²) in [6.07, 6.45) is 0.680. The molecule has 2 fully saturated rings. The van der Waals surface area contributed by atoms with Crippen molar-refractivity contribution in [2.45, 2.75) is 103 Å². The molecule has 3 aliphatic rings. The minimum absolute atomic E-state index is 0.0212. The number of ether oxygens (including phenoxy) is 1. The van der Waals surface area contributed by atoms with E-state index in [2.05, 4.69) is 27.3 Å². The number of aliphatic carboxylic acids is 1. The SMILES string of the molecule is Cc1ccc([C@H](c2ccn3c(C(F)(F)F)nnc3c2C)C(C)(C)C(=O)O)cc1CN1CC2(CCOCC2)Cc2nc(N[C@@H](C)CN3CCCC3)c(C)cc2S1(=O)=O. The van der Waals surface area contributed by atoms with Crippen LogP contribution in [-0.2, 0) is 38.7 Å². The number of likely N-dealkylation sites (tertiary alicyclic amines) is 1. The monoisotopic (exact) mass is 811 g/mol. The van der Waals surface area contributed by atoms with Crippen molar-refractivity contribution in [3.05, 3.63) is 81.4 Å². The number of hydrogen-bond donors (Lipinski definition) is 2. The van der Waals surface area contributed by atoms with Gasteiger partial charge in [0.15, 0.2) is 5.65 Å². The van der Waals surface area contributed by atoms with E-state index < -0.39 is 44.7 Å². The van der Waals surface area contributed by atoms with Gasteiger partial charge < -0.3 is 20.1 Å². The highest BCUT2D eigenvalue weighted by molar-refractivity contribution is 7.89. The van der Waals surface area contributed by atoms with Gasteiger partial charge in [-0.25, -0.2) is 13.4 Å². The quantitative estimate of drug-likeness (QED) is 0.177. The number of aromatic nitrogens is 4. The number of alkyl halides is 3. The maximum atomic E-state index is 14.9. The minimum atomic E-state index is -4.74. The van der Waals surface area contributed by atoms with Crippen LogP contribution in [0.4, 0.5) is 19.0 Å². The summed E-state index contributed by atoms with van der Waals surface area (Å²) in [6.45, 7) is 15.0. The molecule has 0 bridgehead atoms. The molecule has 7 rings (SSSR count). The fourth-order valence-corrected chi connectivity index (χ4v) is 10.8. The number of carboxylic acid groups (broad SMARTS) is 1. The zero-order valence-electron chi connectivity index (χ0n) is 33.4. The first kappa shape index (κ1) is 41.1. The first-order valence-corrected chi connectivity index (χ1v) is 21.1. The van der Waals surface area contributed by atoms with Crippen LogP contribution < -0.4 is 5.32 Å². The second-order valence-electron chi connectivity index (χ2n) is 17.0. The van der Waals surface area contributed by atoms with E-state index in [0.29, 0.717) is 66.2 Å². The van der Waals surface area contributed by atoms with Crippen LogP contribution in [0.1, 0.15) is 97.3 Å². The molecule has 6 heterocycles. The van der Waals surface area contributed by atoms with Crippen LogP contribution in [0.15, 0.2) is 41.4 Å². The summed E-state index contributed by atoms with van der Waals surface area (Å²) in [5, 5.41) is 21.3. The lowest BCUT2D eigenvalue weighted by molar-refractivity contribution is -0.147. The Morgan fingerprint density at radius 1 is 1.04 bits per heavy atom. The maximum Gasteiger partial charge on any atom is 0.452 e. The lowest BCUT2D eigenvalue weighted by Crippen LogP contribution is -2.43. The molecule has 1 aromatic carbocycles. The van der Waals surface area contributed by atoms with E-state index in [1.807, 2.05) is 32.0 Å². The number of carboxylic acids is 1. The second-order valence-corrected chi connectivity index (χ2v) is 18.9. The zero-order valence-corrected chi connectivity index (χ0v) is 34.2. The van der Waals surface area contributed by atoms with Gasteiger partial charge in [-0.2, -0.15) is 17.5 Å². The molecule has 0 radical (unpaired) electrons. The number of aryl methyl sites for hydroxylation is 3. The van der Waals surface area contributed by atoms with E-state index in [4.69, 9.17) is 9.72 Å². The Balaban J connectivity index is 1.28. The first-order valence-electron chi connectivity index (χ1n) is 19.6. The fraction of sp³-hybridized carbons (Fsp3) is 0.561. The summed E-state index contributed by atoms with van der Waals surface area (Å²) in [4.78, 5) is 20.6. The fourth-order valence-electron chi connectivity index (χ4n) is 8.99. The smallest absolute Gasteiger partial charge is 0.452 e. The molecular formula is C41H52F3N7O5S. The largest absolute Gasteiger partial charge is 0.481 e. The van der Waals surface area contributed by atoms with Crippen LogP contribution in [0.2, 0.25) is 0 Å². The summed E-state index contributed by atoms with van der Waals surface area (Å²) in [6, 6.07) is 8.85. The Hall–Kier alpha value is -4.12. The van der Waals surface area contributed by atoms with Gasteiger partial charge in [-0.1, -0.05) is 18.2 Å². The van der Waals surface area contributed by atoms with Gasteiger partial charge in [0.05, 0.1) is 11.1 Å². The van der Waals surface area contributed by atoms with Crippen molar-refractivity contribution in [1.29, 1.82) is 0 Å². The van der Waals surface area contributed by atoms with Gasteiger partial charge in [0.25, 0.3) is 0 Å². The average molecular weight is 812 g/mol. The van der Waals surface area contributed by atoms with Crippen molar-refractivity contribution >= 4 is 27.5 Å². The van der Waals surface area contributed by atoms with Crippen LogP contribution in [0, 0.1) is 31.6 Å². The van der Waals surface area contributed by atoms with E-state index in [-0.39, 0.29) is 29.7 Å². The van der Waals surface area contributed by atoms with Crippen LogP contribution in [-0.4, -0.2) is 93.7 Å². The standard InChI is InChI=1S/C41H52F3N7O5S/c1-25-9-10-29(34(39(5,6)38(52)53)31-11-16-51-36(28(31)4)47-48-37(51)41(42,43)44)20-30(25)23-50-24-40(12-17-56-18-13-40)21-32-33(57(50,54)55)19-26(2)35(46-32)45-27(3)22-49-14-7-8-15-49/h9-11,16,19-20,27,34H,7-8,12-15,17-18,21-24H2,1-6H3,(H,45,46)(H,52,53)/t27-,34+/m0/s1. The van der Waals surface area contributed by atoms with E-state index in [1.165, 1.54) is 25.1 Å². The molecule has 3 aliphatic heterocycles. The molecule has 0 saturated carbocycles. The van der Waals surface area contributed by atoms with Crippen molar-refractivity contribution in [1.82, 2.24) is 28.8 Å². The molecule has 0 amide bonds. The maximum absolute atomic E-state index is 14.9. The summed E-state index contributed by atoms with van der Waals surface area (Å²) in [7, 11) is -4.07.